The first-order chi connectivity index (χ1) is 10.1. The molecule has 0 aliphatic heterocycles. The molecule has 21 heavy (non-hydrogen) atoms. The lowest BCUT2D eigenvalue weighted by Gasteiger charge is -2.07. The molecule has 0 radical (unpaired) electrons. The van der Waals surface area contributed by atoms with Gasteiger partial charge in [-0.05, 0) is 36.5 Å². The van der Waals surface area contributed by atoms with Gasteiger partial charge in [0.2, 0.25) is 11.8 Å². The van der Waals surface area contributed by atoms with Gasteiger partial charge < -0.3 is 15.7 Å². The van der Waals surface area contributed by atoms with E-state index in [-0.39, 0.29) is 30.8 Å². The molecule has 5 nitrogen and oxygen atoms in total. The molecule has 2 amide bonds. The molecule has 2 rings (SSSR count). The highest BCUT2D eigenvalue weighted by Crippen LogP contribution is 2.37. The van der Waals surface area contributed by atoms with Crippen molar-refractivity contribution in [2.24, 2.45) is 11.8 Å². The number of amides is 2. The van der Waals surface area contributed by atoms with Crippen molar-refractivity contribution in [3.8, 4) is 0 Å². The molecular formula is C16H22N2O3. The molecule has 1 aliphatic carbocycles. The van der Waals surface area contributed by atoms with Crippen LogP contribution in [-0.2, 0) is 16.0 Å². The van der Waals surface area contributed by atoms with Crippen molar-refractivity contribution >= 4 is 17.5 Å². The van der Waals surface area contributed by atoms with Crippen molar-refractivity contribution in [3.63, 3.8) is 0 Å². The Morgan fingerprint density at radius 3 is 2.52 bits per heavy atom. The first kappa shape index (κ1) is 15.5. The lowest BCUT2D eigenvalue weighted by atomic mass is 10.1. The highest BCUT2D eigenvalue weighted by atomic mass is 16.3. The van der Waals surface area contributed by atoms with E-state index < -0.39 is 0 Å². The number of rotatable bonds is 7. The average molecular weight is 290 g/mol. The van der Waals surface area contributed by atoms with E-state index in [0.717, 1.165) is 17.7 Å². The fourth-order valence-corrected chi connectivity index (χ4v) is 2.23. The Labute approximate surface area is 124 Å². The van der Waals surface area contributed by atoms with E-state index in [4.69, 9.17) is 5.11 Å². The molecule has 1 aromatic carbocycles. The molecule has 5 heteroatoms. The molecule has 0 heterocycles. The van der Waals surface area contributed by atoms with Crippen LogP contribution in [0.3, 0.4) is 0 Å². The van der Waals surface area contributed by atoms with Crippen LogP contribution in [0.1, 0.15) is 25.3 Å². The summed E-state index contributed by atoms with van der Waals surface area (Å²) in [6.07, 6.45) is 1.84. The number of aliphatic hydroxyl groups is 1. The SMILES string of the molecule is CC1CC1C(=O)NCCC(=O)Nc1ccc(CCO)cc1. The molecule has 1 saturated carbocycles. The van der Waals surface area contributed by atoms with Gasteiger partial charge in [-0.25, -0.2) is 0 Å². The Hall–Kier alpha value is -1.88. The third-order valence-corrected chi connectivity index (χ3v) is 3.74. The molecule has 3 N–H and O–H groups in total. The summed E-state index contributed by atoms with van der Waals surface area (Å²) in [7, 11) is 0. The van der Waals surface area contributed by atoms with Crippen molar-refractivity contribution in [2.45, 2.75) is 26.2 Å². The van der Waals surface area contributed by atoms with E-state index in [2.05, 4.69) is 17.6 Å². The van der Waals surface area contributed by atoms with Gasteiger partial charge in [0, 0.05) is 31.2 Å². The van der Waals surface area contributed by atoms with Crippen LogP contribution in [0.2, 0.25) is 0 Å². The maximum atomic E-state index is 11.8. The third kappa shape index (κ3) is 4.86. The van der Waals surface area contributed by atoms with E-state index in [1.54, 1.807) is 0 Å². The Bertz CT molecular complexity index is 499. The zero-order chi connectivity index (χ0) is 15.2. The second-order valence-corrected chi connectivity index (χ2v) is 5.58. The fourth-order valence-electron chi connectivity index (χ4n) is 2.23. The summed E-state index contributed by atoms with van der Waals surface area (Å²) in [6, 6.07) is 7.38. The number of aliphatic hydroxyl groups excluding tert-OH is 1. The van der Waals surface area contributed by atoms with Gasteiger partial charge in [-0.2, -0.15) is 0 Å². The topological polar surface area (TPSA) is 78.4 Å². The maximum absolute atomic E-state index is 11.8. The smallest absolute Gasteiger partial charge is 0.226 e. The Kier molecular flexibility index (Phi) is 5.33. The minimum atomic E-state index is -0.117. The first-order valence-electron chi connectivity index (χ1n) is 7.37. The highest BCUT2D eigenvalue weighted by molar-refractivity contribution is 5.91. The van der Waals surface area contributed by atoms with Gasteiger partial charge in [0.25, 0.3) is 0 Å². The van der Waals surface area contributed by atoms with Gasteiger partial charge in [0.15, 0.2) is 0 Å². The highest BCUT2D eigenvalue weighted by Gasteiger charge is 2.38. The summed E-state index contributed by atoms with van der Waals surface area (Å²) in [5.74, 6) is 0.570. The van der Waals surface area contributed by atoms with Gasteiger partial charge >= 0.3 is 0 Å². The summed E-state index contributed by atoms with van der Waals surface area (Å²) >= 11 is 0. The monoisotopic (exact) mass is 290 g/mol. The number of hydrogen-bond acceptors (Lipinski definition) is 3. The predicted molar refractivity (Wildman–Crippen MR) is 80.8 cm³/mol. The van der Waals surface area contributed by atoms with Crippen molar-refractivity contribution in [1.29, 1.82) is 0 Å². The molecule has 2 unspecified atom stereocenters. The molecule has 0 aromatic heterocycles. The summed E-state index contributed by atoms with van der Waals surface area (Å²) in [5, 5.41) is 14.4. The van der Waals surface area contributed by atoms with Gasteiger partial charge in [-0.15, -0.1) is 0 Å². The molecule has 0 spiro atoms. The minimum absolute atomic E-state index is 0.0589. The molecule has 1 fully saturated rings. The average Bonchev–Trinajstić information content (AvgIpc) is 3.18. The molecule has 114 valence electrons. The Balaban J connectivity index is 1.67. The van der Waals surface area contributed by atoms with Crippen LogP contribution >= 0.6 is 0 Å². The number of nitrogens with one attached hydrogen (secondary N) is 2. The van der Waals surface area contributed by atoms with Crippen LogP contribution in [0.5, 0.6) is 0 Å². The molecule has 1 aliphatic rings. The molecule has 2 atom stereocenters. The van der Waals surface area contributed by atoms with Crippen LogP contribution in [-0.4, -0.2) is 30.1 Å². The number of anilines is 1. The predicted octanol–water partition coefficient (Wildman–Crippen LogP) is 1.32. The van der Waals surface area contributed by atoms with Crippen LogP contribution in [0.25, 0.3) is 0 Å². The van der Waals surface area contributed by atoms with Gasteiger partial charge in [-0.1, -0.05) is 19.1 Å². The van der Waals surface area contributed by atoms with Crippen LogP contribution in [0, 0.1) is 11.8 Å². The number of carbonyl (C=O) groups is 2. The molecular weight excluding hydrogens is 268 g/mol. The number of hydrogen-bond donors (Lipinski definition) is 3. The van der Waals surface area contributed by atoms with Crippen molar-refractivity contribution < 1.29 is 14.7 Å². The standard InChI is InChI=1S/C16H22N2O3/c1-11-10-14(11)16(21)17-8-6-15(20)18-13-4-2-12(3-5-13)7-9-19/h2-5,11,14,19H,6-10H2,1H3,(H,17,21)(H,18,20). The Morgan fingerprint density at radius 2 is 1.95 bits per heavy atom. The summed E-state index contributed by atoms with van der Waals surface area (Å²) < 4.78 is 0. The van der Waals surface area contributed by atoms with E-state index >= 15 is 0 Å². The molecule has 1 aromatic rings. The van der Waals surface area contributed by atoms with E-state index in [1.807, 2.05) is 24.3 Å². The van der Waals surface area contributed by atoms with Crippen LogP contribution in [0.4, 0.5) is 5.69 Å². The summed E-state index contributed by atoms with van der Waals surface area (Å²) in [6.45, 7) is 2.54. The number of carbonyl (C=O) groups excluding carboxylic acids is 2. The van der Waals surface area contributed by atoms with E-state index in [9.17, 15) is 9.59 Å². The lowest BCUT2D eigenvalue weighted by Crippen LogP contribution is -2.29. The summed E-state index contributed by atoms with van der Waals surface area (Å²) in [4.78, 5) is 23.3. The van der Waals surface area contributed by atoms with Crippen molar-refractivity contribution in [3.05, 3.63) is 29.8 Å². The minimum Gasteiger partial charge on any atom is -0.396 e. The van der Waals surface area contributed by atoms with Gasteiger partial charge in [0.1, 0.15) is 0 Å². The zero-order valence-electron chi connectivity index (χ0n) is 12.3. The third-order valence-electron chi connectivity index (χ3n) is 3.74. The first-order valence-corrected chi connectivity index (χ1v) is 7.37. The lowest BCUT2D eigenvalue weighted by molar-refractivity contribution is -0.122. The Morgan fingerprint density at radius 1 is 1.29 bits per heavy atom. The quantitative estimate of drug-likeness (QED) is 0.708. The zero-order valence-corrected chi connectivity index (χ0v) is 12.3. The second-order valence-electron chi connectivity index (χ2n) is 5.58. The van der Waals surface area contributed by atoms with Gasteiger partial charge in [0.05, 0.1) is 0 Å². The fraction of sp³-hybridized carbons (Fsp3) is 0.500. The second kappa shape index (κ2) is 7.22. The van der Waals surface area contributed by atoms with E-state index in [0.29, 0.717) is 18.9 Å². The van der Waals surface area contributed by atoms with Crippen LogP contribution in [0.15, 0.2) is 24.3 Å². The normalized spacial score (nSPS) is 19.9. The molecule has 0 bridgehead atoms. The summed E-state index contributed by atoms with van der Waals surface area (Å²) in [5.41, 5.74) is 1.75. The van der Waals surface area contributed by atoms with Crippen LogP contribution < -0.4 is 10.6 Å². The number of benzene rings is 1. The largest absolute Gasteiger partial charge is 0.396 e. The van der Waals surface area contributed by atoms with E-state index in [1.165, 1.54) is 0 Å². The van der Waals surface area contributed by atoms with Crippen molar-refractivity contribution in [1.82, 2.24) is 5.32 Å². The van der Waals surface area contributed by atoms with Crippen molar-refractivity contribution in [2.75, 3.05) is 18.5 Å². The van der Waals surface area contributed by atoms with Gasteiger partial charge in [-0.3, -0.25) is 9.59 Å². The molecule has 0 saturated heterocycles. The maximum Gasteiger partial charge on any atom is 0.226 e.